The Hall–Kier alpha value is -3.23. The molecule has 0 aliphatic rings. The number of alkyl carbamates (subject to hydrolysis) is 1. The summed E-state index contributed by atoms with van der Waals surface area (Å²) in [5.41, 5.74) is 4.62. The topological polar surface area (TPSA) is 97.5 Å². The number of nitrogens with one attached hydrogen (secondary N) is 1. The molecule has 0 saturated carbocycles. The van der Waals surface area contributed by atoms with Crippen LogP contribution >= 0.6 is 0 Å². The molecule has 0 spiro atoms. The molecule has 1 aromatic heterocycles. The van der Waals surface area contributed by atoms with Crippen LogP contribution in [0.5, 0.6) is 0 Å². The number of ether oxygens (including phenoxy) is 1. The minimum atomic E-state index is -1.37. The highest BCUT2D eigenvalue weighted by molar-refractivity contribution is 6.04. The van der Waals surface area contributed by atoms with Gasteiger partial charge in [-0.1, -0.05) is 6.07 Å². The predicted octanol–water partition coefficient (Wildman–Crippen LogP) is 3.52. The molecule has 2 rings (SSSR count). The third kappa shape index (κ3) is 4.93. The molecule has 1 aromatic carbocycles. The zero-order valence-electron chi connectivity index (χ0n) is 16.0. The SMILES string of the molecule is CC(OC(=O)NC(C)(C)C)C(=O)N(c1ncccc1N)c1c(F)cccc1F. The molecule has 0 aliphatic heterocycles. The lowest BCUT2D eigenvalue weighted by Crippen LogP contribution is -2.45. The van der Waals surface area contributed by atoms with E-state index in [1.807, 2.05) is 0 Å². The maximum Gasteiger partial charge on any atom is 0.408 e. The van der Waals surface area contributed by atoms with Crippen LogP contribution in [0, 0.1) is 11.6 Å². The highest BCUT2D eigenvalue weighted by Crippen LogP contribution is 2.33. The number of benzene rings is 1. The summed E-state index contributed by atoms with van der Waals surface area (Å²) in [5.74, 6) is -3.09. The summed E-state index contributed by atoms with van der Waals surface area (Å²) in [6, 6.07) is 6.09. The van der Waals surface area contributed by atoms with Gasteiger partial charge in [-0.2, -0.15) is 0 Å². The zero-order chi connectivity index (χ0) is 21.1. The van der Waals surface area contributed by atoms with E-state index >= 15 is 0 Å². The second-order valence-electron chi connectivity index (χ2n) is 7.08. The summed E-state index contributed by atoms with van der Waals surface area (Å²) >= 11 is 0. The zero-order valence-corrected chi connectivity index (χ0v) is 16.0. The summed E-state index contributed by atoms with van der Waals surface area (Å²) < 4.78 is 33.9. The van der Waals surface area contributed by atoms with Crippen molar-refractivity contribution in [2.45, 2.75) is 39.3 Å². The number of para-hydroxylation sites is 1. The first-order chi connectivity index (χ1) is 13.0. The number of hydrogen-bond acceptors (Lipinski definition) is 5. The quantitative estimate of drug-likeness (QED) is 0.830. The summed E-state index contributed by atoms with van der Waals surface area (Å²) in [6.45, 7) is 6.48. The molecule has 150 valence electrons. The molecule has 3 N–H and O–H groups in total. The summed E-state index contributed by atoms with van der Waals surface area (Å²) in [6.07, 6.45) is -0.901. The molecule has 0 fully saturated rings. The van der Waals surface area contributed by atoms with Gasteiger partial charge >= 0.3 is 6.09 Å². The minimum Gasteiger partial charge on any atom is -0.436 e. The molecule has 2 amide bonds. The van der Waals surface area contributed by atoms with Crippen molar-refractivity contribution in [3.8, 4) is 0 Å². The molecular formula is C19H22F2N4O3. The molecule has 0 radical (unpaired) electrons. The van der Waals surface area contributed by atoms with Gasteiger partial charge in [0.05, 0.1) is 5.69 Å². The van der Waals surface area contributed by atoms with E-state index < -0.39 is 41.0 Å². The van der Waals surface area contributed by atoms with Gasteiger partial charge in [-0.15, -0.1) is 0 Å². The normalized spacial score (nSPS) is 12.2. The van der Waals surface area contributed by atoms with Gasteiger partial charge in [0, 0.05) is 11.7 Å². The van der Waals surface area contributed by atoms with Crippen molar-refractivity contribution in [2.75, 3.05) is 10.6 Å². The van der Waals surface area contributed by atoms with Crippen molar-refractivity contribution >= 4 is 29.2 Å². The molecule has 1 unspecified atom stereocenters. The Morgan fingerprint density at radius 3 is 2.32 bits per heavy atom. The molecule has 0 saturated heterocycles. The van der Waals surface area contributed by atoms with E-state index in [-0.39, 0.29) is 11.5 Å². The van der Waals surface area contributed by atoms with Gasteiger partial charge in [-0.05, 0) is 52.0 Å². The van der Waals surface area contributed by atoms with Gasteiger partial charge in [-0.3, -0.25) is 9.69 Å². The third-order valence-electron chi connectivity index (χ3n) is 3.52. The van der Waals surface area contributed by atoms with Crippen LogP contribution < -0.4 is 16.0 Å². The number of amides is 2. The summed E-state index contributed by atoms with van der Waals surface area (Å²) in [4.78, 5) is 29.6. The first-order valence-corrected chi connectivity index (χ1v) is 8.48. The molecule has 9 heteroatoms. The maximum atomic E-state index is 14.4. The van der Waals surface area contributed by atoms with E-state index in [0.717, 1.165) is 18.2 Å². The second kappa shape index (κ2) is 8.20. The average Bonchev–Trinajstić information content (AvgIpc) is 2.57. The molecule has 7 nitrogen and oxygen atoms in total. The van der Waals surface area contributed by atoms with E-state index in [2.05, 4.69) is 10.3 Å². The lowest BCUT2D eigenvalue weighted by atomic mass is 10.1. The van der Waals surface area contributed by atoms with E-state index in [0.29, 0.717) is 4.90 Å². The highest BCUT2D eigenvalue weighted by Gasteiger charge is 2.32. The Kier molecular flexibility index (Phi) is 6.17. The second-order valence-corrected chi connectivity index (χ2v) is 7.08. The number of carbonyl (C=O) groups excluding carboxylic acids is 2. The van der Waals surface area contributed by atoms with Crippen molar-refractivity contribution in [1.82, 2.24) is 10.3 Å². The van der Waals surface area contributed by atoms with Gasteiger partial charge in [-0.25, -0.2) is 18.6 Å². The van der Waals surface area contributed by atoms with Crippen LogP contribution in [0.3, 0.4) is 0 Å². The van der Waals surface area contributed by atoms with Crippen LogP contribution in [0.15, 0.2) is 36.5 Å². The van der Waals surface area contributed by atoms with Crippen LogP contribution in [0.2, 0.25) is 0 Å². The summed E-state index contributed by atoms with van der Waals surface area (Å²) in [7, 11) is 0. The molecule has 1 atom stereocenters. The lowest BCUT2D eigenvalue weighted by Gasteiger charge is -2.27. The van der Waals surface area contributed by atoms with Crippen molar-refractivity contribution in [3.63, 3.8) is 0 Å². The molecule has 0 aliphatic carbocycles. The van der Waals surface area contributed by atoms with Gasteiger partial charge in [0.2, 0.25) is 0 Å². The van der Waals surface area contributed by atoms with E-state index in [4.69, 9.17) is 10.5 Å². The number of nitrogens with zero attached hydrogens (tertiary/aromatic N) is 2. The van der Waals surface area contributed by atoms with E-state index in [1.54, 1.807) is 20.8 Å². The average molecular weight is 392 g/mol. The van der Waals surface area contributed by atoms with Crippen LogP contribution in [0.25, 0.3) is 0 Å². The molecule has 0 bridgehead atoms. The number of rotatable bonds is 4. The minimum absolute atomic E-state index is 0.0184. The Bertz CT molecular complexity index is 863. The molecule has 28 heavy (non-hydrogen) atoms. The fraction of sp³-hybridized carbons (Fsp3) is 0.316. The van der Waals surface area contributed by atoms with Crippen LogP contribution in [0.4, 0.5) is 30.8 Å². The first kappa shape index (κ1) is 21.1. The van der Waals surface area contributed by atoms with Crippen molar-refractivity contribution in [3.05, 3.63) is 48.2 Å². The smallest absolute Gasteiger partial charge is 0.408 e. The fourth-order valence-electron chi connectivity index (χ4n) is 2.35. The van der Waals surface area contributed by atoms with Crippen LogP contribution in [-0.4, -0.2) is 28.6 Å². The van der Waals surface area contributed by atoms with Crippen molar-refractivity contribution < 1.29 is 23.1 Å². The fourth-order valence-corrected chi connectivity index (χ4v) is 2.35. The first-order valence-electron chi connectivity index (χ1n) is 8.48. The summed E-state index contributed by atoms with van der Waals surface area (Å²) in [5, 5.41) is 2.54. The molecular weight excluding hydrogens is 370 g/mol. The van der Waals surface area contributed by atoms with E-state index in [1.165, 1.54) is 25.3 Å². The number of hydrogen-bond donors (Lipinski definition) is 2. The largest absolute Gasteiger partial charge is 0.436 e. The maximum absolute atomic E-state index is 14.4. The van der Waals surface area contributed by atoms with Gasteiger partial charge in [0.25, 0.3) is 5.91 Å². The number of halogens is 2. The Balaban J connectivity index is 2.44. The lowest BCUT2D eigenvalue weighted by molar-refractivity contribution is -0.125. The van der Waals surface area contributed by atoms with Gasteiger partial charge < -0.3 is 15.8 Å². The number of carbonyl (C=O) groups is 2. The van der Waals surface area contributed by atoms with Crippen molar-refractivity contribution in [2.24, 2.45) is 0 Å². The number of nitrogen functional groups attached to an aromatic ring is 1. The highest BCUT2D eigenvalue weighted by atomic mass is 19.1. The third-order valence-corrected chi connectivity index (χ3v) is 3.52. The number of nitrogens with two attached hydrogens (primary N) is 1. The van der Waals surface area contributed by atoms with Gasteiger partial charge in [0.1, 0.15) is 17.3 Å². The number of aromatic nitrogens is 1. The van der Waals surface area contributed by atoms with Gasteiger partial charge in [0.15, 0.2) is 11.9 Å². The Labute approximate surface area is 161 Å². The monoisotopic (exact) mass is 392 g/mol. The standard InChI is InChI=1S/C19H22F2N4O3/c1-11(28-18(27)24-19(2,3)4)17(26)25(16-14(22)9-6-10-23-16)15-12(20)7-5-8-13(15)21/h5-11H,22H2,1-4H3,(H,24,27). The Morgan fingerprint density at radius 2 is 1.79 bits per heavy atom. The van der Waals surface area contributed by atoms with Crippen molar-refractivity contribution in [1.29, 1.82) is 0 Å². The van der Waals surface area contributed by atoms with E-state index in [9.17, 15) is 18.4 Å². The van der Waals surface area contributed by atoms with Crippen LogP contribution in [0.1, 0.15) is 27.7 Å². The number of anilines is 3. The molecule has 2 aromatic rings. The van der Waals surface area contributed by atoms with Crippen LogP contribution in [-0.2, 0) is 9.53 Å². The molecule has 1 heterocycles. The predicted molar refractivity (Wildman–Crippen MR) is 101 cm³/mol. The Morgan fingerprint density at radius 1 is 1.18 bits per heavy atom. The number of pyridine rings is 1.